The lowest BCUT2D eigenvalue weighted by atomic mass is 9.89. The van der Waals surface area contributed by atoms with Crippen molar-refractivity contribution in [1.82, 2.24) is 9.97 Å². The van der Waals surface area contributed by atoms with E-state index in [1.165, 1.54) is 43.4 Å². The highest BCUT2D eigenvalue weighted by atomic mass is 14.9. The Kier molecular flexibility index (Phi) is 7.19. The predicted molar refractivity (Wildman–Crippen MR) is 206 cm³/mol. The van der Waals surface area contributed by atoms with Gasteiger partial charge in [-0.2, -0.15) is 5.26 Å². The molecule has 0 N–H and O–H groups in total. The maximum Gasteiger partial charge on any atom is 0.160 e. The molecular weight excluding hydrogens is 607 g/mol. The van der Waals surface area contributed by atoms with E-state index in [1.54, 1.807) is 0 Å². The highest BCUT2D eigenvalue weighted by Gasteiger charge is 2.15. The van der Waals surface area contributed by atoms with Crippen molar-refractivity contribution in [1.29, 1.82) is 5.26 Å². The second kappa shape index (κ2) is 12.3. The third-order valence-electron chi connectivity index (χ3n) is 9.50. The van der Waals surface area contributed by atoms with Crippen LogP contribution in [0.2, 0.25) is 0 Å². The number of hydrogen-bond acceptors (Lipinski definition) is 3. The SMILES string of the molecule is N#Cc1ccc(-c2cccc(-c3cc(-c4ccc(-c5c6ccccc6cc6c5ccc5ccccc56)cc4)nc(-c4ccccc4)n3)c2)cc1. The summed E-state index contributed by atoms with van der Waals surface area (Å²) in [5.74, 6) is 0.679. The largest absolute Gasteiger partial charge is 0.228 e. The van der Waals surface area contributed by atoms with Gasteiger partial charge >= 0.3 is 0 Å². The molecule has 1 heterocycles. The molecule has 0 aliphatic carbocycles. The average molecular weight is 636 g/mol. The van der Waals surface area contributed by atoms with Crippen molar-refractivity contribution < 1.29 is 0 Å². The van der Waals surface area contributed by atoms with Crippen LogP contribution in [-0.2, 0) is 0 Å². The van der Waals surface area contributed by atoms with Crippen LogP contribution in [0.25, 0.3) is 88.5 Å². The summed E-state index contributed by atoms with van der Waals surface area (Å²) in [6, 6.07) is 63.4. The minimum atomic E-state index is 0.644. The molecule has 0 aliphatic heterocycles. The lowest BCUT2D eigenvalue weighted by Crippen LogP contribution is -1.96. The van der Waals surface area contributed by atoms with Gasteiger partial charge in [-0.1, -0.05) is 146 Å². The molecule has 3 nitrogen and oxygen atoms in total. The normalized spacial score (nSPS) is 11.2. The summed E-state index contributed by atoms with van der Waals surface area (Å²) < 4.78 is 0. The molecule has 9 rings (SSSR count). The molecule has 8 aromatic carbocycles. The van der Waals surface area contributed by atoms with Crippen LogP contribution in [-0.4, -0.2) is 9.97 Å². The van der Waals surface area contributed by atoms with Crippen LogP contribution in [0.4, 0.5) is 0 Å². The van der Waals surface area contributed by atoms with Gasteiger partial charge in [-0.15, -0.1) is 0 Å². The summed E-state index contributed by atoms with van der Waals surface area (Å²) in [6.45, 7) is 0. The second-order valence-electron chi connectivity index (χ2n) is 12.5. The van der Waals surface area contributed by atoms with Crippen LogP contribution in [0.1, 0.15) is 5.56 Å². The monoisotopic (exact) mass is 635 g/mol. The van der Waals surface area contributed by atoms with Crippen molar-refractivity contribution in [2.75, 3.05) is 0 Å². The van der Waals surface area contributed by atoms with Crippen LogP contribution in [0, 0.1) is 11.3 Å². The molecule has 0 atom stereocenters. The summed E-state index contributed by atoms with van der Waals surface area (Å²) in [7, 11) is 0. The van der Waals surface area contributed by atoms with E-state index in [0.717, 1.165) is 39.2 Å². The summed E-state index contributed by atoms with van der Waals surface area (Å²) >= 11 is 0. The maximum atomic E-state index is 9.26. The topological polar surface area (TPSA) is 49.6 Å². The first kappa shape index (κ1) is 29.3. The molecule has 3 heteroatoms. The fourth-order valence-corrected chi connectivity index (χ4v) is 6.99. The van der Waals surface area contributed by atoms with Crippen molar-refractivity contribution in [3.05, 3.63) is 181 Å². The van der Waals surface area contributed by atoms with Crippen LogP contribution < -0.4 is 0 Å². The number of nitrogens with zero attached hydrogens (tertiary/aromatic N) is 3. The van der Waals surface area contributed by atoms with Gasteiger partial charge in [0.05, 0.1) is 23.0 Å². The van der Waals surface area contributed by atoms with Crippen LogP contribution in [0.5, 0.6) is 0 Å². The summed E-state index contributed by atoms with van der Waals surface area (Å²) in [5.41, 5.74) is 9.85. The zero-order chi connectivity index (χ0) is 33.4. The summed E-state index contributed by atoms with van der Waals surface area (Å²) in [6.07, 6.45) is 0. The van der Waals surface area contributed by atoms with Gasteiger partial charge < -0.3 is 0 Å². The Morgan fingerprint density at radius 2 is 0.980 bits per heavy atom. The summed E-state index contributed by atoms with van der Waals surface area (Å²) in [4.78, 5) is 10.2. The Bertz CT molecular complexity index is 2740. The molecule has 0 saturated heterocycles. The van der Waals surface area contributed by atoms with Gasteiger partial charge in [-0.05, 0) is 84.9 Å². The number of benzene rings is 8. The van der Waals surface area contributed by atoms with Gasteiger partial charge in [0, 0.05) is 16.7 Å². The number of hydrogen-bond donors (Lipinski definition) is 0. The molecule has 9 aromatic rings. The maximum absolute atomic E-state index is 9.26. The minimum absolute atomic E-state index is 0.644. The molecule has 50 heavy (non-hydrogen) atoms. The molecule has 0 unspecified atom stereocenters. The smallest absolute Gasteiger partial charge is 0.160 e. The second-order valence-corrected chi connectivity index (χ2v) is 12.5. The quantitative estimate of drug-likeness (QED) is 0.140. The van der Waals surface area contributed by atoms with E-state index in [4.69, 9.17) is 9.97 Å². The predicted octanol–water partition coefficient (Wildman–Crippen LogP) is 12.1. The van der Waals surface area contributed by atoms with Gasteiger partial charge in [0.15, 0.2) is 5.82 Å². The molecule has 0 bridgehead atoms. The first-order valence-corrected chi connectivity index (χ1v) is 16.7. The molecule has 0 aliphatic rings. The van der Waals surface area contributed by atoms with Crippen LogP contribution in [0.15, 0.2) is 176 Å². The Balaban J connectivity index is 1.17. The molecule has 1 aromatic heterocycles. The van der Waals surface area contributed by atoms with Crippen molar-refractivity contribution >= 4 is 32.3 Å². The zero-order valence-electron chi connectivity index (χ0n) is 27.1. The third-order valence-corrected chi connectivity index (χ3v) is 9.50. The van der Waals surface area contributed by atoms with Crippen LogP contribution >= 0.6 is 0 Å². The Morgan fingerprint density at radius 3 is 1.76 bits per heavy atom. The lowest BCUT2D eigenvalue weighted by Gasteiger charge is -2.15. The van der Waals surface area contributed by atoms with Gasteiger partial charge in [0.25, 0.3) is 0 Å². The number of rotatable bonds is 5. The third kappa shape index (κ3) is 5.26. The molecule has 0 fully saturated rings. The average Bonchev–Trinajstić information content (AvgIpc) is 3.20. The van der Waals surface area contributed by atoms with Gasteiger partial charge in [0.1, 0.15) is 0 Å². The zero-order valence-corrected chi connectivity index (χ0v) is 27.1. The summed E-state index contributed by atoms with van der Waals surface area (Å²) in [5, 5.41) is 16.7. The van der Waals surface area contributed by atoms with E-state index in [-0.39, 0.29) is 0 Å². The van der Waals surface area contributed by atoms with Gasteiger partial charge in [-0.3, -0.25) is 0 Å². The number of aromatic nitrogens is 2. The molecule has 232 valence electrons. The van der Waals surface area contributed by atoms with E-state index >= 15 is 0 Å². The first-order chi connectivity index (χ1) is 24.7. The van der Waals surface area contributed by atoms with Crippen molar-refractivity contribution in [2.24, 2.45) is 0 Å². The molecule has 0 saturated carbocycles. The minimum Gasteiger partial charge on any atom is -0.228 e. The number of fused-ring (bicyclic) bond motifs is 4. The van der Waals surface area contributed by atoms with E-state index in [1.807, 2.05) is 42.5 Å². The highest BCUT2D eigenvalue weighted by molar-refractivity contribution is 6.20. The number of nitriles is 1. The molecule has 0 spiro atoms. The van der Waals surface area contributed by atoms with Crippen molar-refractivity contribution in [3.8, 4) is 62.2 Å². The Hall–Kier alpha value is -6.89. The van der Waals surface area contributed by atoms with E-state index in [0.29, 0.717) is 11.4 Å². The van der Waals surface area contributed by atoms with E-state index in [9.17, 15) is 5.26 Å². The highest BCUT2D eigenvalue weighted by Crippen LogP contribution is 2.40. The molecule has 0 radical (unpaired) electrons. The Morgan fingerprint density at radius 1 is 0.360 bits per heavy atom. The van der Waals surface area contributed by atoms with Gasteiger partial charge in [-0.25, -0.2) is 9.97 Å². The van der Waals surface area contributed by atoms with Crippen molar-refractivity contribution in [2.45, 2.75) is 0 Å². The molecule has 0 amide bonds. The Labute approximate surface area is 290 Å². The fourth-order valence-electron chi connectivity index (χ4n) is 6.99. The van der Waals surface area contributed by atoms with Gasteiger partial charge in [0.2, 0.25) is 0 Å². The lowest BCUT2D eigenvalue weighted by molar-refractivity contribution is 1.18. The van der Waals surface area contributed by atoms with E-state index in [2.05, 4.69) is 140 Å². The standard InChI is InChI=1S/C47H29N3/c48-30-31-17-19-32(20-18-31)37-13-8-14-39(27-37)45-29-44(49-47(50-45)36-10-2-1-3-11-36)34-21-23-35(24-22-34)46-41-16-7-5-12-38(41)28-43-40-15-6-4-9-33(40)25-26-42(43)46/h1-29H. The fraction of sp³-hybridized carbons (Fsp3) is 0. The van der Waals surface area contributed by atoms with Crippen molar-refractivity contribution in [3.63, 3.8) is 0 Å². The van der Waals surface area contributed by atoms with E-state index < -0.39 is 0 Å². The first-order valence-electron chi connectivity index (χ1n) is 16.7. The van der Waals surface area contributed by atoms with Crippen LogP contribution in [0.3, 0.4) is 0 Å². The molecular formula is C47H29N3.